The average Bonchev–Trinajstić information content (AvgIpc) is 2.85. The van der Waals surface area contributed by atoms with Crippen LogP contribution in [0.5, 0.6) is 0 Å². The van der Waals surface area contributed by atoms with Gasteiger partial charge in [-0.15, -0.1) is 0 Å². The average molecular weight is 260 g/mol. The lowest BCUT2D eigenvalue weighted by atomic mass is 10.2. The van der Waals surface area contributed by atoms with Gasteiger partial charge < -0.3 is 15.6 Å². The molecule has 102 valence electrons. The Labute approximate surface area is 112 Å². The molecule has 0 bridgehead atoms. The van der Waals surface area contributed by atoms with E-state index in [0.29, 0.717) is 32.0 Å². The van der Waals surface area contributed by atoms with Gasteiger partial charge >= 0.3 is 0 Å². The van der Waals surface area contributed by atoms with Gasteiger partial charge in [0.2, 0.25) is 5.91 Å². The number of nitrogens with one attached hydrogen (secondary N) is 1. The molecule has 0 fully saturated rings. The lowest BCUT2D eigenvalue weighted by molar-refractivity contribution is -0.121. The summed E-state index contributed by atoms with van der Waals surface area (Å²) < 4.78 is 2.00. The van der Waals surface area contributed by atoms with Crippen LogP contribution >= 0.6 is 0 Å². The van der Waals surface area contributed by atoms with Crippen LogP contribution in [0.25, 0.3) is 11.0 Å². The number of aromatic nitrogens is 2. The Hall–Kier alpha value is -1.88. The van der Waals surface area contributed by atoms with Crippen LogP contribution in [0.15, 0.2) is 30.6 Å². The first-order chi connectivity index (χ1) is 9.20. The molecule has 0 spiro atoms. The number of hydrogen-bond donors (Lipinski definition) is 2. The number of para-hydroxylation sites is 2. The number of nitrogens with two attached hydrogens (primary N) is 1. The van der Waals surface area contributed by atoms with Gasteiger partial charge in [0.1, 0.15) is 0 Å². The van der Waals surface area contributed by atoms with Crippen LogP contribution in [-0.2, 0) is 11.3 Å². The quantitative estimate of drug-likeness (QED) is 0.818. The molecule has 0 aliphatic rings. The molecule has 1 heterocycles. The summed E-state index contributed by atoms with van der Waals surface area (Å²) in [7, 11) is 0. The molecular formula is C14H20N4O. The first-order valence-electron chi connectivity index (χ1n) is 6.57. The summed E-state index contributed by atoms with van der Waals surface area (Å²) in [6.07, 6.45) is 2.23. The van der Waals surface area contributed by atoms with Gasteiger partial charge in [0.25, 0.3) is 0 Å². The monoisotopic (exact) mass is 260 g/mol. The first kappa shape index (κ1) is 13.5. The number of carbonyl (C=O) groups excluding carboxylic acids is 1. The van der Waals surface area contributed by atoms with E-state index in [1.165, 1.54) is 0 Å². The second kappa shape index (κ2) is 6.33. The molecule has 2 rings (SSSR count). The fraction of sp³-hybridized carbons (Fsp3) is 0.429. The van der Waals surface area contributed by atoms with E-state index in [4.69, 9.17) is 5.73 Å². The number of fused-ring (bicyclic) bond motifs is 1. The largest absolute Gasteiger partial charge is 0.356 e. The summed E-state index contributed by atoms with van der Waals surface area (Å²) in [5.41, 5.74) is 7.53. The molecule has 2 aromatic rings. The van der Waals surface area contributed by atoms with Crippen molar-refractivity contribution in [3.05, 3.63) is 30.6 Å². The maximum Gasteiger partial charge on any atom is 0.221 e. The molecule has 1 aromatic carbocycles. The highest BCUT2D eigenvalue weighted by molar-refractivity contribution is 5.77. The highest BCUT2D eigenvalue weighted by Gasteiger charge is 2.06. The Balaban J connectivity index is 1.87. The van der Waals surface area contributed by atoms with Crippen molar-refractivity contribution in [2.45, 2.75) is 19.9 Å². The van der Waals surface area contributed by atoms with E-state index in [2.05, 4.69) is 10.3 Å². The molecule has 0 saturated carbocycles. The molecule has 0 radical (unpaired) electrons. The lowest BCUT2D eigenvalue weighted by Gasteiger charge is -2.10. The van der Waals surface area contributed by atoms with Crippen molar-refractivity contribution in [1.82, 2.24) is 14.9 Å². The number of hydrogen-bond acceptors (Lipinski definition) is 3. The molecule has 3 N–H and O–H groups in total. The second-order valence-electron chi connectivity index (χ2n) is 4.82. The predicted molar refractivity (Wildman–Crippen MR) is 75.6 cm³/mol. The summed E-state index contributed by atoms with van der Waals surface area (Å²) in [5.74, 6) is 0.371. The third-order valence-electron chi connectivity index (χ3n) is 3.16. The maximum atomic E-state index is 11.7. The van der Waals surface area contributed by atoms with Crippen LogP contribution in [0, 0.1) is 5.92 Å². The van der Waals surface area contributed by atoms with Crippen LogP contribution in [0.3, 0.4) is 0 Å². The van der Waals surface area contributed by atoms with Crippen molar-refractivity contribution in [2.24, 2.45) is 11.7 Å². The molecule has 1 atom stereocenters. The third kappa shape index (κ3) is 3.54. The minimum Gasteiger partial charge on any atom is -0.356 e. The summed E-state index contributed by atoms with van der Waals surface area (Å²) in [6.45, 7) is 3.89. The van der Waals surface area contributed by atoms with Crippen LogP contribution in [0.4, 0.5) is 0 Å². The Morgan fingerprint density at radius 3 is 3.05 bits per heavy atom. The van der Waals surface area contributed by atoms with E-state index in [0.717, 1.165) is 11.0 Å². The number of carbonyl (C=O) groups is 1. The third-order valence-corrected chi connectivity index (χ3v) is 3.16. The van der Waals surface area contributed by atoms with E-state index in [9.17, 15) is 4.79 Å². The highest BCUT2D eigenvalue weighted by Crippen LogP contribution is 2.11. The Kier molecular flexibility index (Phi) is 4.52. The van der Waals surface area contributed by atoms with E-state index in [-0.39, 0.29) is 5.91 Å². The van der Waals surface area contributed by atoms with Gasteiger partial charge in [0.15, 0.2) is 0 Å². The normalized spacial score (nSPS) is 12.5. The number of nitrogens with zero attached hydrogens (tertiary/aromatic N) is 2. The summed E-state index contributed by atoms with van der Waals surface area (Å²) in [6, 6.07) is 7.91. The van der Waals surface area contributed by atoms with Crippen LogP contribution in [0.2, 0.25) is 0 Å². The molecule has 5 heteroatoms. The Bertz CT molecular complexity index is 549. The minimum absolute atomic E-state index is 0.0538. The molecule has 0 aliphatic heterocycles. The molecule has 19 heavy (non-hydrogen) atoms. The molecular weight excluding hydrogens is 240 g/mol. The fourth-order valence-corrected chi connectivity index (χ4v) is 1.87. The smallest absolute Gasteiger partial charge is 0.221 e. The summed E-state index contributed by atoms with van der Waals surface area (Å²) >= 11 is 0. The minimum atomic E-state index is 0.0538. The van der Waals surface area contributed by atoms with Crippen molar-refractivity contribution in [3.63, 3.8) is 0 Å². The zero-order valence-electron chi connectivity index (χ0n) is 11.2. The fourth-order valence-electron chi connectivity index (χ4n) is 1.87. The van der Waals surface area contributed by atoms with Gasteiger partial charge in [-0.3, -0.25) is 4.79 Å². The Morgan fingerprint density at radius 2 is 2.26 bits per heavy atom. The zero-order chi connectivity index (χ0) is 13.7. The van der Waals surface area contributed by atoms with E-state index >= 15 is 0 Å². The lowest BCUT2D eigenvalue weighted by Crippen LogP contribution is -2.31. The van der Waals surface area contributed by atoms with Crippen LogP contribution in [-0.4, -0.2) is 28.5 Å². The number of benzene rings is 1. The molecule has 1 unspecified atom stereocenters. The van der Waals surface area contributed by atoms with Gasteiger partial charge in [-0.25, -0.2) is 4.98 Å². The van der Waals surface area contributed by atoms with Gasteiger partial charge in [0, 0.05) is 19.5 Å². The van der Waals surface area contributed by atoms with E-state index in [1.54, 1.807) is 6.33 Å². The van der Waals surface area contributed by atoms with Crippen molar-refractivity contribution in [2.75, 3.05) is 13.1 Å². The SMILES string of the molecule is CC(CN)CNC(=O)CCn1cnc2ccccc21. The summed E-state index contributed by atoms with van der Waals surface area (Å²) in [4.78, 5) is 16.0. The topological polar surface area (TPSA) is 72.9 Å². The standard InChI is InChI=1S/C14H20N4O/c1-11(8-15)9-16-14(19)6-7-18-10-17-12-4-2-3-5-13(12)18/h2-5,10-11H,6-9,15H2,1H3,(H,16,19). The van der Waals surface area contributed by atoms with Gasteiger partial charge in [-0.05, 0) is 24.6 Å². The van der Waals surface area contributed by atoms with Gasteiger partial charge in [0.05, 0.1) is 17.4 Å². The van der Waals surface area contributed by atoms with Gasteiger partial charge in [-0.2, -0.15) is 0 Å². The van der Waals surface area contributed by atoms with Crippen molar-refractivity contribution < 1.29 is 4.79 Å². The Morgan fingerprint density at radius 1 is 1.47 bits per heavy atom. The number of amides is 1. The zero-order valence-corrected chi connectivity index (χ0v) is 11.2. The molecule has 1 aromatic heterocycles. The van der Waals surface area contributed by atoms with E-state index in [1.807, 2.05) is 35.8 Å². The van der Waals surface area contributed by atoms with E-state index < -0.39 is 0 Å². The molecule has 0 aliphatic carbocycles. The maximum absolute atomic E-state index is 11.7. The molecule has 1 amide bonds. The van der Waals surface area contributed by atoms with Crippen LogP contribution in [0.1, 0.15) is 13.3 Å². The number of imidazole rings is 1. The highest BCUT2D eigenvalue weighted by atomic mass is 16.1. The summed E-state index contributed by atoms with van der Waals surface area (Å²) in [5, 5.41) is 2.89. The molecule has 5 nitrogen and oxygen atoms in total. The van der Waals surface area contributed by atoms with Crippen molar-refractivity contribution >= 4 is 16.9 Å². The van der Waals surface area contributed by atoms with Crippen LogP contribution < -0.4 is 11.1 Å². The second-order valence-corrected chi connectivity index (χ2v) is 4.82. The predicted octanol–water partition coefficient (Wildman–Crippen LogP) is 1.14. The van der Waals surface area contributed by atoms with Gasteiger partial charge in [-0.1, -0.05) is 19.1 Å². The van der Waals surface area contributed by atoms with Crippen molar-refractivity contribution in [3.8, 4) is 0 Å². The number of aryl methyl sites for hydroxylation is 1. The number of rotatable bonds is 6. The first-order valence-corrected chi connectivity index (χ1v) is 6.57. The molecule has 0 saturated heterocycles. The van der Waals surface area contributed by atoms with Crippen molar-refractivity contribution in [1.29, 1.82) is 0 Å².